The zero-order chi connectivity index (χ0) is 15.7. The molecule has 1 aromatic heterocycles. The molecule has 0 spiro atoms. The van der Waals surface area contributed by atoms with Crippen LogP contribution in [0.25, 0.3) is 11.3 Å². The number of hydrogen-bond acceptors (Lipinski definition) is 3. The third-order valence-corrected chi connectivity index (χ3v) is 3.31. The van der Waals surface area contributed by atoms with Gasteiger partial charge in [0, 0.05) is 30.8 Å². The van der Waals surface area contributed by atoms with Crippen LogP contribution in [0.3, 0.4) is 0 Å². The van der Waals surface area contributed by atoms with Crippen molar-refractivity contribution < 1.29 is 4.21 Å². The number of anilines is 1. The van der Waals surface area contributed by atoms with Crippen LogP contribution >= 0.6 is 22.6 Å². The third kappa shape index (κ3) is 5.24. The molecular weight excluding hydrogens is 385 g/mol. The number of benzene rings is 1. The minimum Gasteiger partial charge on any atom is -0.398 e. The first kappa shape index (κ1) is 19.1. The molecular formula is C14H22IN3OS. The van der Waals surface area contributed by atoms with Crippen molar-refractivity contribution in [1.82, 2.24) is 9.78 Å². The van der Waals surface area contributed by atoms with E-state index >= 15 is 0 Å². The smallest absolute Gasteiger partial charge is 0.0923 e. The van der Waals surface area contributed by atoms with Crippen molar-refractivity contribution in [1.29, 1.82) is 0 Å². The summed E-state index contributed by atoms with van der Waals surface area (Å²) in [4.78, 5) is 2.63. The Labute approximate surface area is 137 Å². The number of nitrogens with two attached hydrogens (primary N) is 1. The van der Waals surface area contributed by atoms with Gasteiger partial charge in [-0.1, -0.05) is 42.5 Å². The van der Waals surface area contributed by atoms with Crippen LogP contribution in [0.15, 0.2) is 35.4 Å². The number of hydrogen-bond donors (Lipinski definition) is 1. The maximum atomic E-state index is 11.5. The molecule has 0 fully saturated rings. The van der Waals surface area contributed by atoms with Gasteiger partial charge in [0.15, 0.2) is 0 Å². The van der Waals surface area contributed by atoms with Crippen LogP contribution in [-0.4, -0.2) is 25.2 Å². The van der Waals surface area contributed by atoms with Crippen molar-refractivity contribution in [3.63, 3.8) is 0 Å². The van der Waals surface area contributed by atoms with E-state index in [1.165, 1.54) is 0 Å². The maximum absolute atomic E-state index is 11.5. The predicted molar refractivity (Wildman–Crippen MR) is 96.7 cm³/mol. The van der Waals surface area contributed by atoms with Gasteiger partial charge in [0.25, 0.3) is 0 Å². The Morgan fingerprint density at radius 3 is 2.30 bits per heavy atom. The van der Waals surface area contributed by atoms with Crippen molar-refractivity contribution in [3.05, 3.63) is 30.5 Å². The molecule has 2 rings (SSSR count). The van der Waals surface area contributed by atoms with Gasteiger partial charge in [-0.15, -0.1) is 0 Å². The Morgan fingerprint density at radius 2 is 1.85 bits per heavy atom. The molecule has 0 saturated heterocycles. The van der Waals surface area contributed by atoms with E-state index < -0.39 is 10.8 Å². The molecule has 0 amide bonds. The third-order valence-electron chi connectivity index (χ3n) is 2.33. The minimum absolute atomic E-state index is 0.556. The molecule has 0 bridgehead atoms. The van der Waals surface area contributed by atoms with Crippen molar-refractivity contribution in [2.24, 2.45) is 7.05 Å². The van der Waals surface area contributed by atoms with Crippen molar-refractivity contribution in [2.75, 3.05) is 16.9 Å². The van der Waals surface area contributed by atoms with Crippen LogP contribution < -0.4 is 5.73 Å². The fourth-order valence-electron chi connectivity index (χ4n) is 1.51. The van der Waals surface area contributed by atoms with E-state index in [4.69, 9.17) is 5.73 Å². The largest absolute Gasteiger partial charge is 0.398 e. The van der Waals surface area contributed by atoms with Crippen LogP contribution in [0.2, 0.25) is 0 Å². The summed E-state index contributed by atoms with van der Waals surface area (Å²) in [7, 11) is 0.783. The highest BCUT2D eigenvalue weighted by molar-refractivity contribution is 14.1. The second-order valence-electron chi connectivity index (χ2n) is 3.58. The SMILES string of the molecule is CC.CI.Cn1ccc(-c2ccc(N)c(S(C)=O)c2)n1. The zero-order valence-electron chi connectivity index (χ0n) is 12.6. The molecule has 0 saturated carbocycles. The molecule has 1 heterocycles. The van der Waals surface area contributed by atoms with Gasteiger partial charge in [-0.05, 0) is 23.1 Å². The second kappa shape index (κ2) is 9.93. The van der Waals surface area contributed by atoms with Gasteiger partial charge >= 0.3 is 0 Å². The summed E-state index contributed by atoms with van der Waals surface area (Å²) in [6.07, 6.45) is 3.49. The lowest BCUT2D eigenvalue weighted by atomic mass is 10.1. The number of aryl methyl sites for hydroxylation is 1. The average Bonchev–Trinajstić information content (AvgIpc) is 2.90. The quantitative estimate of drug-likeness (QED) is 0.471. The lowest BCUT2D eigenvalue weighted by Crippen LogP contribution is -1.96. The highest BCUT2D eigenvalue weighted by atomic mass is 127. The van der Waals surface area contributed by atoms with Gasteiger partial charge in [0.05, 0.1) is 21.4 Å². The molecule has 1 unspecified atom stereocenters. The van der Waals surface area contributed by atoms with Gasteiger partial charge < -0.3 is 5.73 Å². The molecule has 6 heteroatoms. The lowest BCUT2D eigenvalue weighted by Gasteiger charge is -2.04. The van der Waals surface area contributed by atoms with E-state index in [0.29, 0.717) is 10.6 Å². The lowest BCUT2D eigenvalue weighted by molar-refractivity contribution is 0.687. The first-order chi connectivity index (χ1) is 9.58. The zero-order valence-corrected chi connectivity index (χ0v) is 15.5. The topological polar surface area (TPSA) is 60.9 Å². The minimum atomic E-state index is -1.08. The number of rotatable bonds is 2. The standard InChI is InChI=1S/C11H13N3OS.C2H6.CH3I/c1-14-6-5-10(13-14)8-3-4-9(12)11(7-8)16(2)15;2*1-2/h3-7H,12H2,1-2H3;1-2H3;1H3. The highest BCUT2D eigenvalue weighted by Crippen LogP contribution is 2.24. The number of nitrogens with zero attached hydrogens (tertiary/aromatic N) is 2. The first-order valence-electron chi connectivity index (χ1n) is 6.18. The Balaban J connectivity index is 0.000000829. The van der Waals surface area contributed by atoms with Crippen LogP contribution in [0.1, 0.15) is 13.8 Å². The number of aromatic nitrogens is 2. The molecule has 2 N–H and O–H groups in total. The number of nitrogen functional groups attached to an aromatic ring is 1. The number of halogens is 1. The van der Waals surface area contributed by atoms with Gasteiger partial charge in [-0.2, -0.15) is 5.10 Å². The fraction of sp³-hybridized carbons (Fsp3) is 0.357. The maximum Gasteiger partial charge on any atom is 0.0923 e. The van der Waals surface area contributed by atoms with E-state index in [1.54, 1.807) is 17.0 Å². The summed E-state index contributed by atoms with van der Waals surface area (Å²) < 4.78 is 13.2. The van der Waals surface area contributed by atoms with Crippen molar-refractivity contribution >= 4 is 39.1 Å². The van der Waals surface area contributed by atoms with Crippen LogP contribution in [0.4, 0.5) is 5.69 Å². The molecule has 0 aliphatic carbocycles. The summed E-state index contributed by atoms with van der Waals surface area (Å²) >= 11 is 2.15. The summed E-state index contributed by atoms with van der Waals surface area (Å²) in [6.45, 7) is 4.00. The highest BCUT2D eigenvalue weighted by Gasteiger charge is 2.07. The molecule has 112 valence electrons. The van der Waals surface area contributed by atoms with Crippen LogP contribution in [0.5, 0.6) is 0 Å². The summed E-state index contributed by atoms with van der Waals surface area (Å²) in [5.74, 6) is 0. The Kier molecular flexibility index (Phi) is 9.49. The Hall–Kier alpha value is -0.890. The normalized spacial score (nSPS) is 10.7. The molecule has 1 aromatic carbocycles. The van der Waals surface area contributed by atoms with Crippen LogP contribution in [-0.2, 0) is 17.8 Å². The van der Waals surface area contributed by atoms with E-state index in [9.17, 15) is 4.21 Å². The first-order valence-corrected chi connectivity index (χ1v) is 9.90. The van der Waals surface area contributed by atoms with E-state index in [-0.39, 0.29) is 0 Å². The van der Waals surface area contributed by atoms with Crippen LogP contribution in [0, 0.1) is 0 Å². The van der Waals surface area contributed by atoms with Crippen molar-refractivity contribution in [3.8, 4) is 11.3 Å². The number of alkyl halides is 1. The fourth-order valence-corrected chi connectivity index (χ4v) is 2.20. The summed E-state index contributed by atoms with van der Waals surface area (Å²) in [5.41, 5.74) is 8.10. The molecule has 0 aliphatic heterocycles. The molecule has 20 heavy (non-hydrogen) atoms. The summed E-state index contributed by atoms with van der Waals surface area (Å²) in [6, 6.07) is 7.39. The molecule has 0 aliphatic rings. The monoisotopic (exact) mass is 407 g/mol. The van der Waals surface area contributed by atoms with Gasteiger partial charge in [0.1, 0.15) is 0 Å². The van der Waals surface area contributed by atoms with Gasteiger partial charge in [-0.3, -0.25) is 8.89 Å². The molecule has 0 radical (unpaired) electrons. The molecule has 1 atom stereocenters. The predicted octanol–water partition coefficient (Wildman–Crippen LogP) is 3.48. The van der Waals surface area contributed by atoms with Gasteiger partial charge in [0.2, 0.25) is 0 Å². The second-order valence-corrected chi connectivity index (χ2v) is 4.93. The molecule has 4 nitrogen and oxygen atoms in total. The summed E-state index contributed by atoms with van der Waals surface area (Å²) in [5, 5.41) is 4.29. The van der Waals surface area contributed by atoms with E-state index in [1.807, 2.05) is 50.2 Å². The van der Waals surface area contributed by atoms with Crippen molar-refractivity contribution in [2.45, 2.75) is 18.7 Å². The Bertz CT molecular complexity index is 555. The average molecular weight is 407 g/mol. The Morgan fingerprint density at radius 1 is 1.25 bits per heavy atom. The van der Waals surface area contributed by atoms with E-state index in [0.717, 1.165) is 11.3 Å². The van der Waals surface area contributed by atoms with Gasteiger partial charge in [-0.25, -0.2) is 0 Å². The molecule has 2 aromatic rings. The van der Waals surface area contributed by atoms with E-state index in [2.05, 4.69) is 27.7 Å².